The van der Waals surface area contributed by atoms with Gasteiger partial charge in [0.2, 0.25) is 11.8 Å². The third-order valence-electron chi connectivity index (χ3n) is 8.23. The van der Waals surface area contributed by atoms with Gasteiger partial charge in [-0.1, -0.05) is 0 Å². The Morgan fingerprint density at radius 3 is 1.69 bits per heavy atom. The third kappa shape index (κ3) is 9.14. The van der Waals surface area contributed by atoms with Crippen molar-refractivity contribution in [2.75, 3.05) is 94.2 Å². The summed E-state index contributed by atoms with van der Waals surface area (Å²) in [6.07, 6.45) is 2.59. The highest BCUT2D eigenvalue weighted by atomic mass is 16.5. The number of benzene rings is 1. The minimum Gasteiger partial charge on any atom is -0.465 e. The van der Waals surface area contributed by atoms with E-state index in [1.165, 1.54) is 0 Å². The number of anilines is 3. The second-order valence-electron chi connectivity index (χ2n) is 11.2. The summed E-state index contributed by atoms with van der Waals surface area (Å²) in [4.78, 5) is 56.7. The minimum absolute atomic E-state index is 0.0778. The van der Waals surface area contributed by atoms with Crippen LogP contribution in [0.4, 0.5) is 17.1 Å². The minimum atomic E-state index is -0.241. The number of hydrogen-bond acceptors (Lipinski definition) is 10. The number of likely N-dealkylation sites (tertiary alicyclic amines) is 2. The Balaban J connectivity index is 1.38. The predicted octanol–water partition coefficient (Wildman–Crippen LogP) is 1.52. The van der Waals surface area contributed by atoms with E-state index in [1.54, 1.807) is 13.8 Å². The van der Waals surface area contributed by atoms with Crippen molar-refractivity contribution in [3.05, 3.63) is 18.2 Å². The van der Waals surface area contributed by atoms with Gasteiger partial charge in [0.05, 0.1) is 37.7 Å². The van der Waals surface area contributed by atoms with E-state index in [9.17, 15) is 19.2 Å². The Labute approximate surface area is 248 Å². The van der Waals surface area contributed by atoms with E-state index < -0.39 is 0 Å². The average Bonchev–Trinajstić information content (AvgIpc) is 2.99. The number of nitrogens with one attached hydrogen (secondary N) is 3. The predicted molar refractivity (Wildman–Crippen MR) is 160 cm³/mol. The summed E-state index contributed by atoms with van der Waals surface area (Å²) >= 11 is 0. The van der Waals surface area contributed by atoms with Gasteiger partial charge in [0.25, 0.3) is 0 Å². The van der Waals surface area contributed by atoms with Crippen LogP contribution >= 0.6 is 0 Å². The summed E-state index contributed by atoms with van der Waals surface area (Å²) in [7, 11) is 0. The molecule has 2 amide bonds. The maximum absolute atomic E-state index is 13.4. The van der Waals surface area contributed by atoms with Gasteiger partial charge in [-0.3, -0.25) is 29.0 Å². The lowest BCUT2D eigenvalue weighted by atomic mass is 9.95. The molecule has 3 aliphatic rings. The Morgan fingerprint density at radius 1 is 0.738 bits per heavy atom. The van der Waals surface area contributed by atoms with Crippen LogP contribution in [0, 0.1) is 11.8 Å². The van der Waals surface area contributed by atoms with E-state index in [-0.39, 0.29) is 48.7 Å². The standard InChI is InChI=1S/C30H46N6O6/c1-3-41-27(37)20-34-13-7-22(8-14-34)29(39)32-25-6-5-24(36-17-11-31-12-18-36)19-26(25)33-30(40)23-9-15-35(16-10-23)21-28(38)42-4-2/h5-6,19,22-23,31H,3-4,7-18,20-21H2,1-2H3,(H,32,39)(H,33,40). The van der Waals surface area contributed by atoms with Crippen LogP contribution in [0.5, 0.6) is 0 Å². The highest BCUT2D eigenvalue weighted by Gasteiger charge is 2.29. The molecule has 0 bridgehead atoms. The summed E-state index contributed by atoms with van der Waals surface area (Å²) in [6.45, 7) is 10.9. The fraction of sp³-hybridized carbons (Fsp3) is 0.667. The van der Waals surface area contributed by atoms with Crippen LogP contribution in [0.1, 0.15) is 39.5 Å². The van der Waals surface area contributed by atoms with E-state index in [4.69, 9.17) is 9.47 Å². The molecule has 3 fully saturated rings. The molecule has 12 heteroatoms. The molecular weight excluding hydrogens is 540 g/mol. The molecule has 0 radical (unpaired) electrons. The molecule has 0 atom stereocenters. The molecule has 0 aromatic heterocycles. The maximum Gasteiger partial charge on any atom is 0.320 e. The zero-order valence-electron chi connectivity index (χ0n) is 25.0. The summed E-state index contributed by atoms with van der Waals surface area (Å²) < 4.78 is 10.1. The SMILES string of the molecule is CCOC(=O)CN1CCC(C(=O)Nc2ccc(N3CCNCC3)cc2NC(=O)C2CCN(CC(=O)OCC)CC2)CC1. The topological polar surface area (TPSA) is 133 Å². The molecule has 12 nitrogen and oxygen atoms in total. The molecular formula is C30H46N6O6. The molecule has 3 heterocycles. The van der Waals surface area contributed by atoms with Crippen LogP contribution in [0.3, 0.4) is 0 Å². The second-order valence-corrected chi connectivity index (χ2v) is 11.2. The molecule has 0 saturated carbocycles. The van der Waals surface area contributed by atoms with E-state index in [1.807, 2.05) is 28.0 Å². The van der Waals surface area contributed by atoms with Gasteiger partial charge in [-0.05, 0) is 83.9 Å². The number of hydrogen-bond donors (Lipinski definition) is 3. The number of ether oxygens (including phenoxy) is 2. The molecule has 0 spiro atoms. The van der Waals surface area contributed by atoms with Crippen molar-refractivity contribution in [1.29, 1.82) is 0 Å². The van der Waals surface area contributed by atoms with Gasteiger partial charge >= 0.3 is 11.9 Å². The molecule has 232 valence electrons. The number of rotatable bonds is 11. The largest absolute Gasteiger partial charge is 0.465 e. The van der Waals surface area contributed by atoms with Gasteiger partial charge in [0.1, 0.15) is 0 Å². The first-order chi connectivity index (χ1) is 20.4. The third-order valence-corrected chi connectivity index (χ3v) is 8.23. The monoisotopic (exact) mass is 586 g/mol. The lowest BCUT2D eigenvalue weighted by Crippen LogP contribution is -2.43. The Kier molecular flexibility index (Phi) is 12.0. The Bertz CT molecular complexity index is 1080. The van der Waals surface area contributed by atoms with Gasteiger partial charge in [-0.15, -0.1) is 0 Å². The molecule has 0 aliphatic carbocycles. The van der Waals surface area contributed by atoms with Crippen LogP contribution in [-0.4, -0.2) is 112 Å². The fourth-order valence-corrected chi connectivity index (χ4v) is 5.82. The summed E-state index contributed by atoms with van der Waals surface area (Å²) in [5.41, 5.74) is 2.18. The quantitative estimate of drug-likeness (QED) is 0.328. The number of carbonyl (C=O) groups excluding carboxylic acids is 4. The number of piperidine rings is 2. The molecule has 1 aromatic rings. The number of nitrogens with zero attached hydrogens (tertiary/aromatic N) is 3. The molecule has 42 heavy (non-hydrogen) atoms. The van der Waals surface area contributed by atoms with Crippen molar-refractivity contribution < 1.29 is 28.7 Å². The van der Waals surface area contributed by atoms with Gasteiger partial charge in [0.15, 0.2) is 0 Å². The van der Waals surface area contributed by atoms with Crippen LogP contribution < -0.4 is 20.9 Å². The second kappa shape index (κ2) is 15.9. The molecule has 1 aromatic carbocycles. The number of piperazine rings is 1. The van der Waals surface area contributed by atoms with E-state index in [2.05, 4.69) is 20.9 Å². The summed E-state index contributed by atoms with van der Waals surface area (Å²) in [6, 6.07) is 5.83. The normalized spacial score (nSPS) is 19.2. The van der Waals surface area contributed by atoms with E-state index in [0.29, 0.717) is 76.5 Å². The smallest absolute Gasteiger partial charge is 0.320 e. The lowest BCUT2D eigenvalue weighted by molar-refractivity contribution is -0.145. The maximum atomic E-state index is 13.4. The van der Waals surface area contributed by atoms with Crippen molar-refractivity contribution in [2.24, 2.45) is 11.8 Å². The van der Waals surface area contributed by atoms with Crippen molar-refractivity contribution >= 4 is 40.8 Å². The van der Waals surface area contributed by atoms with Crippen molar-refractivity contribution in [3.8, 4) is 0 Å². The van der Waals surface area contributed by atoms with E-state index >= 15 is 0 Å². The van der Waals surface area contributed by atoms with Crippen molar-refractivity contribution in [1.82, 2.24) is 15.1 Å². The first kappa shape index (κ1) is 31.7. The van der Waals surface area contributed by atoms with Crippen molar-refractivity contribution in [3.63, 3.8) is 0 Å². The summed E-state index contributed by atoms with van der Waals surface area (Å²) in [5.74, 6) is -0.998. The summed E-state index contributed by atoms with van der Waals surface area (Å²) in [5, 5.41) is 9.56. The molecule has 3 saturated heterocycles. The van der Waals surface area contributed by atoms with E-state index in [0.717, 1.165) is 31.9 Å². The number of esters is 2. The Hall–Kier alpha value is -3.22. The van der Waals surface area contributed by atoms with Gasteiger partial charge in [0, 0.05) is 43.7 Å². The van der Waals surface area contributed by atoms with Crippen LogP contribution in [0.15, 0.2) is 18.2 Å². The number of amides is 2. The highest BCUT2D eigenvalue weighted by Crippen LogP contribution is 2.31. The molecule has 3 aliphatic heterocycles. The zero-order valence-corrected chi connectivity index (χ0v) is 25.0. The zero-order chi connectivity index (χ0) is 29.9. The molecule has 4 rings (SSSR count). The first-order valence-corrected chi connectivity index (χ1v) is 15.3. The van der Waals surface area contributed by atoms with Crippen LogP contribution in [-0.2, 0) is 28.7 Å². The fourth-order valence-electron chi connectivity index (χ4n) is 5.82. The first-order valence-electron chi connectivity index (χ1n) is 15.3. The molecule has 0 unspecified atom stereocenters. The highest BCUT2D eigenvalue weighted by molar-refractivity contribution is 6.01. The van der Waals surface area contributed by atoms with Gasteiger partial charge in [-0.25, -0.2) is 0 Å². The Morgan fingerprint density at radius 2 is 1.21 bits per heavy atom. The number of carbonyl (C=O) groups is 4. The van der Waals surface area contributed by atoms with Gasteiger partial charge < -0.3 is 30.3 Å². The van der Waals surface area contributed by atoms with Crippen molar-refractivity contribution in [2.45, 2.75) is 39.5 Å². The molecule has 3 N–H and O–H groups in total. The van der Waals surface area contributed by atoms with Gasteiger partial charge in [-0.2, -0.15) is 0 Å². The van der Waals surface area contributed by atoms with Crippen LogP contribution in [0.25, 0.3) is 0 Å². The lowest BCUT2D eigenvalue weighted by Gasteiger charge is -2.32. The van der Waals surface area contributed by atoms with Crippen LogP contribution in [0.2, 0.25) is 0 Å². The average molecular weight is 587 g/mol.